The normalized spacial score (nSPS) is 13.9. The third kappa shape index (κ3) is 3.14. The summed E-state index contributed by atoms with van der Waals surface area (Å²) in [6, 6.07) is 46.1. The minimum Gasteiger partial charge on any atom is -0.309 e. The van der Waals surface area contributed by atoms with Crippen molar-refractivity contribution >= 4 is 49.5 Å². The molecule has 2 nitrogen and oxygen atoms in total. The lowest BCUT2D eigenvalue weighted by molar-refractivity contribution is 0.632. The Kier molecular flexibility index (Phi) is 4.90. The van der Waals surface area contributed by atoms with Crippen molar-refractivity contribution in [3.8, 4) is 11.1 Å². The zero-order valence-electron chi connectivity index (χ0n) is 22.6. The topological polar surface area (TPSA) is 16.1 Å². The highest BCUT2D eigenvalue weighted by atomic mass is 15.2. The molecular weight excluding hydrogens is 484 g/mol. The lowest BCUT2D eigenvalue weighted by Gasteiger charge is -2.42. The predicted molar refractivity (Wildman–Crippen MR) is 169 cm³/mol. The fraction of sp³-hybridized carbons (Fsp3) is 0.0789. The average Bonchev–Trinajstić information content (AvgIpc) is 3.01. The Labute approximate surface area is 234 Å². The summed E-state index contributed by atoms with van der Waals surface area (Å²) in [5.41, 5.74) is 9.58. The van der Waals surface area contributed by atoms with Crippen molar-refractivity contribution in [3.05, 3.63) is 145 Å². The molecule has 0 spiro atoms. The van der Waals surface area contributed by atoms with Crippen LogP contribution in [-0.2, 0) is 5.41 Å². The summed E-state index contributed by atoms with van der Waals surface area (Å²) in [6.45, 7) is 4.67. The van der Waals surface area contributed by atoms with E-state index in [0.717, 1.165) is 10.9 Å². The van der Waals surface area contributed by atoms with Crippen LogP contribution in [0.1, 0.15) is 25.0 Å². The van der Waals surface area contributed by atoms with E-state index in [1.54, 1.807) is 0 Å². The van der Waals surface area contributed by atoms with E-state index in [0.29, 0.717) is 0 Å². The Morgan fingerprint density at radius 1 is 0.525 bits per heavy atom. The number of para-hydroxylation sites is 2. The maximum Gasteiger partial charge on any atom is 0.0808 e. The molecule has 0 fully saturated rings. The third-order valence-corrected chi connectivity index (χ3v) is 8.67. The number of hydrogen-bond acceptors (Lipinski definition) is 2. The molecule has 40 heavy (non-hydrogen) atoms. The number of nitrogens with zero attached hydrogens (tertiary/aromatic N) is 2. The van der Waals surface area contributed by atoms with Crippen LogP contribution in [0.2, 0.25) is 0 Å². The Morgan fingerprint density at radius 3 is 1.85 bits per heavy atom. The minimum atomic E-state index is -0.115. The number of anilines is 3. The number of aromatic nitrogens is 1. The second-order valence-electron chi connectivity index (χ2n) is 11.2. The molecule has 0 saturated carbocycles. The van der Waals surface area contributed by atoms with Crippen LogP contribution >= 0.6 is 0 Å². The fourth-order valence-electron chi connectivity index (χ4n) is 6.84. The molecule has 0 N–H and O–H groups in total. The first-order chi connectivity index (χ1) is 19.6. The molecule has 6 aromatic carbocycles. The number of fused-ring (bicyclic) bond motifs is 5. The number of rotatable bonds is 2. The average molecular weight is 513 g/mol. The Bertz CT molecular complexity index is 1990. The van der Waals surface area contributed by atoms with E-state index in [-0.39, 0.29) is 5.41 Å². The minimum absolute atomic E-state index is 0.115. The largest absolute Gasteiger partial charge is 0.309 e. The summed E-state index contributed by atoms with van der Waals surface area (Å²) in [6.07, 6.45) is 1.93. The van der Waals surface area contributed by atoms with Crippen molar-refractivity contribution in [2.75, 3.05) is 4.90 Å². The van der Waals surface area contributed by atoms with E-state index in [1.807, 2.05) is 6.20 Å². The van der Waals surface area contributed by atoms with Gasteiger partial charge in [0.05, 0.1) is 22.6 Å². The van der Waals surface area contributed by atoms with Crippen molar-refractivity contribution in [2.24, 2.45) is 0 Å². The van der Waals surface area contributed by atoms with Crippen molar-refractivity contribution < 1.29 is 0 Å². The molecule has 8 rings (SSSR count). The lowest BCUT2D eigenvalue weighted by atomic mass is 9.73. The van der Waals surface area contributed by atoms with Gasteiger partial charge in [0.25, 0.3) is 0 Å². The number of hydrogen-bond donors (Lipinski definition) is 0. The van der Waals surface area contributed by atoms with Gasteiger partial charge >= 0.3 is 0 Å². The predicted octanol–water partition coefficient (Wildman–Crippen LogP) is 10.3. The van der Waals surface area contributed by atoms with Crippen LogP contribution in [0.25, 0.3) is 43.6 Å². The van der Waals surface area contributed by atoms with Crippen LogP contribution in [-0.4, -0.2) is 4.98 Å². The monoisotopic (exact) mass is 512 g/mol. The van der Waals surface area contributed by atoms with Crippen LogP contribution < -0.4 is 4.90 Å². The van der Waals surface area contributed by atoms with Crippen molar-refractivity contribution in [1.29, 1.82) is 0 Å². The number of pyridine rings is 1. The van der Waals surface area contributed by atoms with E-state index in [9.17, 15) is 0 Å². The second-order valence-corrected chi connectivity index (χ2v) is 11.2. The van der Waals surface area contributed by atoms with Crippen LogP contribution in [0.15, 0.2) is 134 Å². The van der Waals surface area contributed by atoms with Gasteiger partial charge < -0.3 is 4.90 Å². The first kappa shape index (κ1) is 23.0. The van der Waals surface area contributed by atoms with E-state index in [4.69, 9.17) is 4.98 Å². The van der Waals surface area contributed by atoms with Gasteiger partial charge in [-0.1, -0.05) is 117 Å². The third-order valence-electron chi connectivity index (χ3n) is 8.67. The molecule has 1 aliphatic rings. The van der Waals surface area contributed by atoms with Crippen molar-refractivity contribution in [2.45, 2.75) is 19.3 Å². The fourth-order valence-corrected chi connectivity index (χ4v) is 6.84. The van der Waals surface area contributed by atoms with Gasteiger partial charge in [0.1, 0.15) is 0 Å². The highest BCUT2D eigenvalue weighted by Gasteiger charge is 2.37. The molecule has 190 valence electrons. The lowest BCUT2D eigenvalue weighted by Crippen LogP contribution is -2.30. The summed E-state index contributed by atoms with van der Waals surface area (Å²) >= 11 is 0. The molecule has 2 heterocycles. The molecule has 0 bridgehead atoms. The van der Waals surface area contributed by atoms with E-state index in [2.05, 4.69) is 146 Å². The first-order valence-corrected chi connectivity index (χ1v) is 13.9. The van der Waals surface area contributed by atoms with Gasteiger partial charge in [0.2, 0.25) is 0 Å². The zero-order chi connectivity index (χ0) is 26.8. The molecule has 0 radical (unpaired) electrons. The summed E-state index contributed by atoms with van der Waals surface area (Å²) in [7, 11) is 0. The molecule has 2 heteroatoms. The van der Waals surface area contributed by atoms with Gasteiger partial charge in [0, 0.05) is 27.9 Å². The molecule has 0 saturated heterocycles. The second kappa shape index (κ2) is 8.53. The van der Waals surface area contributed by atoms with E-state index < -0.39 is 0 Å². The van der Waals surface area contributed by atoms with Crippen LogP contribution in [0.3, 0.4) is 0 Å². The maximum atomic E-state index is 5.08. The molecule has 0 amide bonds. The van der Waals surface area contributed by atoms with Crippen molar-refractivity contribution in [3.63, 3.8) is 0 Å². The van der Waals surface area contributed by atoms with Gasteiger partial charge in [-0.3, -0.25) is 4.98 Å². The Hall–Kier alpha value is -4.95. The van der Waals surface area contributed by atoms with Crippen molar-refractivity contribution in [1.82, 2.24) is 4.98 Å². The maximum absolute atomic E-state index is 5.08. The van der Waals surface area contributed by atoms with Crippen LogP contribution in [0.5, 0.6) is 0 Å². The van der Waals surface area contributed by atoms with Gasteiger partial charge in [0.15, 0.2) is 0 Å². The molecule has 0 unspecified atom stereocenters. The summed E-state index contributed by atoms with van der Waals surface area (Å²) in [4.78, 5) is 7.57. The molecule has 1 aromatic heterocycles. The van der Waals surface area contributed by atoms with Gasteiger partial charge in [-0.15, -0.1) is 0 Å². The molecule has 1 aliphatic heterocycles. The standard InChI is InChI=1S/C38H28N2/c1-38(2)31-20-7-9-22-33(31)40(34-23-10-8-21-32(34)38)37-29-17-6-5-16-28(29)35(36-30(37)19-12-24-39-36)27-18-11-14-25-13-3-4-15-26(25)27/h3-24H,1-2H3. The molecule has 7 aromatic rings. The van der Waals surface area contributed by atoms with E-state index >= 15 is 0 Å². The summed E-state index contributed by atoms with van der Waals surface area (Å²) in [5.74, 6) is 0. The van der Waals surface area contributed by atoms with E-state index in [1.165, 1.54) is 60.9 Å². The SMILES string of the molecule is CC1(C)c2ccccc2N(c2c3ccccc3c(-c3cccc4ccccc34)c3ncccc23)c2ccccc21. The summed E-state index contributed by atoms with van der Waals surface area (Å²) < 4.78 is 0. The number of benzene rings is 6. The quantitative estimate of drug-likeness (QED) is 0.214. The highest BCUT2D eigenvalue weighted by Crippen LogP contribution is 2.55. The van der Waals surface area contributed by atoms with Gasteiger partial charge in [-0.2, -0.15) is 0 Å². The molecule has 0 aliphatic carbocycles. The Morgan fingerprint density at radius 2 is 1.10 bits per heavy atom. The first-order valence-electron chi connectivity index (χ1n) is 13.9. The van der Waals surface area contributed by atoms with Gasteiger partial charge in [-0.25, -0.2) is 0 Å². The Balaban J connectivity index is 1.55. The van der Waals surface area contributed by atoms with Crippen LogP contribution in [0, 0.1) is 0 Å². The zero-order valence-corrected chi connectivity index (χ0v) is 22.6. The molecule has 0 atom stereocenters. The smallest absolute Gasteiger partial charge is 0.0808 e. The van der Waals surface area contributed by atoms with Crippen LogP contribution in [0.4, 0.5) is 17.1 Å². The molecular formula is C38H28N2. The highest BCUT2D eigenvalue weighted by molar-refractivity contribution is 6.23. The van der Waals surface area contributed by atoms with Gasteiger partial charge in [-0.05, 0) is 57.1 Å². The summed E-state index contributed by atoms with van der Waals surface area (Å²) in [5, 5.41) is 6.05.